The summed E-state index contributed by atoms with van der Waals surface area (Å²) in [5, 5.41) is 10.4. The molecule has 0 fully saturated rings. The van der Waals surface area contributed by atoms with Crippen LogP contribution >= 0.6 is 11.3 Å². The molecule has 28 heavy (non-hydrogen) atoms. The highest BCUT2D eigenvalue weighted by molar-refractivity contribution is 7.94. The quantitative estimate of drug-likeness (QED) is 0.457. The van der Waals surface area contributed by atoms with E-state index in [0.29, 0.717) is 17.0 Å². The first-order valence-corrected chi connectivity index (χ1v) is 11.6. The number of unbranched alkanes of at least 4 members (excludes halogenated alkanes) is 1. The van der Waals surface area contributed by atoms with Crippen molar-refractivity contribution in [1.29, 1.82) is 0 Å². The van der Waals surface area contributed by atoms with E-state index in [-0.39, 0.29) is 10.8 Å². The summed E-state index contributed by atoms with van der Waals surface area (Å²) in [5.74, 6) is 1.13. The molecule has 4 aromatic rings. The molecule has 146 valence electrons. The molecule has 0 saturated carbocycles. The Morgan fingerprint density at radius 2 is 1.93 bits per heavy atom. The lowest BCUT2D eigenvalue weighted by atomic mass is 10.2. The molecule has 1 aromatic carbocycles. The minimum Gasteiger partial charge on any atom is -0.274 e. The summed E-state index contributed by atoms with van der Waals surface area (Å²) in [6, 6.07) is 11.0. The third-order valence-corrected chi connectivity index (χ3v) is 7.83. The SMILES string of the molecule is CCCCc1nnc2c(N(CC)S(=O)(=O)c3cccs3)nc3ccccc3n12. The van der Waals surface area contributed by atoms with Crippen LogP contribution in [0.2, 0.25) is 0 Å². The van der Waals surface area contributed by atoms with Crippen molar-refractivity contribution in [3.63, 3.8) is 0 Å². The van der Waals surface area contributed by atoms with Crippen LogP contribution in [0, 0.1) is 0 Å². The number of para-hydroxylation sites is 2. The van der Waals surface area contributed by atoms with Gasteiger partial charge in [0.05, 0.1) is 11.0 Å². The maximum Gasteiger partial charge on any atom is 0.275 e. The number of thiophene rings is 1. The fourth-order valence-corrected chi connectivity index (χ4v) is 5.77. The molecule has 0 saturated heterocycles. The predicted octanol–water partition coefficient (Wildman–Crippen LogP) is 3.90. The monoisotopic (exact) mass is 415 g/mol. The van der Waals surface area contributed by atoms with E-state index in [9.17, 15) is 8.42 Å². The lowest BCUT2D eigenvalue weighted by Gasteiger charge is -2.21. The van der Waals surface area contributed by atoms with Gasteiger partial charge in [-0.2, -0.15) is 0 Å². The van der Waals surface area contributed by atoms with Crippen LogP contribution in [0.4, 0.5) is 5.82 Å². The van der Waals surface area contributed by atoms with E-state index in [1.807, 2.05) is 28.7 Å². The first kappa shape index (κ1) is 18.8. The van der Waals surface area contributed by atoms with Gasteiger partial charge in [-0.15, -0.1) is 21.5 Å². The van der Waals surface area contributed by atoms with E-state index in [0.717, 1.165) is 30.6 Å². The molecule has 0 N–H and O–H groups in total. The molecule has 0 atom stereocenters. The van der Waals surface area contributed by atoms with Gasteiger partial charge in [0.1, 0.15) is 10.0 Å². The van der Waals surface area contributed by atoms with Crippen molar-refractivity contribution < 1.29 is 8.42 Å². The highest BCUT2D eigenvalue weighted by Gasteiger charge is 2.29. The molecular formula is C19H21N5O2S2. The molecule has 0 unspecified atom stereocenters. The molecule has 3 aromatic heterocycles. The number of benzene rings is 1. The van der Waals surface area contributed by atoms with Crippen molar-refractivity contribution in [3.05, 3.63) is 47.6 Å². The van der Waals surface area contributed by atoms with Crippen molar-refractivity contribution in [1.82, 2.24) is 19.6 Å². The second-order valence-electron chi connectivity index (χ2n) is 6.40. The predicted molar refractivity (Wildman–Crippen MR) is 111 cm³/mol. The number of nitrogens with zero attached hydrogens (tertiary/aromatic N) is 5. The molecule has 3 heterocycles. The Bertz CT molecular complexity index is 1220. The number of aryl methyl sites for hydroxylation is 1. The van der Waals surface area contributed by atoms with Crippen LogP contribution < -0.4 is 4.31 Å². The summed E-state index contributed by atoms with van der Waals surface area (Å²) in [6.07, 6.45) is 2.80. The summed E-state index contributed by atoms with van der Waals surface area (Å²) in [4.78, 5) is 4.67. The first-order chi connectivity index (χ1) is 13.6. The van der Waals surface area contributed by atoms with Crippen LogP contribution in [0.5, 0.6) is 0 Å². The van der Waals surface area contributed by atoms with Gasteiger partial charge >= 0.3 is 0 Å². The van der Waals surface area contributed by atoms with Crippen LogP contribution in [-0.4, -0.2) is 34.5 Å². The fourth-order valence-electron chi connectivity index (χ4n) is 3.24. The lowest BCUT2D eigenvalue weighted by molar-refractivity contribution is 0.593. The zero-order valence-corrected chi connectivity index (χ0v) is 17.4. The van der Waals surface area contributed by atoms with Gasteiger partial charge in [0.15, 0.2) is 5.82 Å². The second kappa shape index (κ2) is 7.48. The third-order valence-electron chi connectivity index (χ3n) is 4.60. The van der Waals surface area contributed by atoms with E-state index < -0.39 is 10.0 Å². The van der Waals surface area contributed by atoms with Crippen LogP contribution in [-0.2, 0) is 16.4 Å². The molecule has 0 radical (unpaired) electrons. The number of sulfonamides is 1. The topological polar surface area (TPSA) is 80.5 Å². The molecule has 0 bridgehead atoms. The van der Waals surface area contributed by atoms with Crippen LogP contribution in [0.3, 0.4) is 0 Å². The Kier molecular flexibility index (Phi) is 5.03. The Hall–Kier alpha value is -2.52. The van der Waals surface area contributed by atoms with Crippen molar-refractivity contribution in [3.8, 4) is 0 Å². The van der Waals surface area contributed by atoms with E-state index >= 15 is 0 Å². The number of fused-ring (bicyclic) bond motifs is 3. The van der Waals surface area contributed by atoms with Crippen molar-refractivity contribution in [2.24, 2.45) is 0 Å². The maximum atomic E-state index is 13.2. The number of hydrogen-bond acceptors (Lipinski definition) is 6. The second-order valence-corrected chi connectivity index (χ2v) is 9.44. The Morgan fingerprint density at radius 3 is 2.64 bits per heavy atom. The average Bonchev–Trinajstić information content (AvgIpc) is 3.37. The Labute approximate surface area is 167 Å². The Balaban J connectivity index is 1.99. The van der Waals surface area contributed by atoms with Crippen LogP contribution in [0.15, 0.2) is 46.0 Å². The number of rotatable bonds is 7. The summed E-state index contributed by atoms with van der Waals surface area (Å²) >= 11 is 1.19. The summed E-state index contributed by atoms with van der Waals surface area (Å²) < 4.78 is 30.0. The summed E-state index contributed by atoms with van der Waals surface area (Å²) in [6.45, 7) is 4.17. The molecule has 4 rings (SSSR count). The first-order valence-electron chi connectivity index (χ1n) is 9.27. The molecule has 0 aliphatic rings. The van der Waals surface area contributed by atoms with Gasteiger partial charge in [-0.25, -0.2) is 17.7 Å². The smallest absolute Gasteiger partial charge is 0.274 e. The number of aromatic nitrogens is 4. The van der Waals surface area contributed by atoms with Crippen LogP contribution in [0.1, 0.15) is 32.5 Å². The van der Waals surface area contributed by atoms with E-state index in [1.54, 1.807) is 24.4 Å². The molecule has 9 heteroatoms. The normalized spacial score (nSPS) is 12.1. The molecule has 0 spiro atoms. The minimum absolute atomic E-state index is 0.248. The third kappa shape index (κ3) is 3.04. The van der Waals surface area contributed by atoms with Crippen molar-refractivity contribution in [2.45, 2.75) is 37.3 Å². The molecule has 0 amide bonds. The van der Waals surface area contributed by atoms with Gasteiger partial charge < -0.3 is 0 Å². The lowest BCUT2D eigenvalue weighted by Crippen LogP contribution is -2.31. The largest absolute Gasteiger partial charge is 0.275 e. The standard InChI is InChI=1S/C19H21N5O2S2/c1-3-5-11-16-21-22-19-18(20-14-9-6-7-10-15(14)24(16)19)23(4-2)28(25,26)17-12-8-13-27-17/h6-10,12-13H,3-5,11H2,1-2H3. The molecule has 0 aliphatic carbocycles. The van der Waals surface area contributed by atoms with Gasteiger partial charge in [0.25, 0.3) is 10.0 Å². The summed E-state index contributed by atoms with van der Waals surface area (Å²) in [5.41, 5.74) is 2.05. The van der Waals surface area contributed by atoms with Crippen molar-refractivity contribution >= 4 is 43.9 Å². The van der Waals surface area contributed by atoms with Crippen LogP contribution in [0.25, 0.3) is 16.7 Å². The van der Waals surface area contributed by atoms with Crippen molar-refractivity contribution in [2.75, 3.05) is 10.8 Å². The van der Waals surface area contributed by atoms with Gasteiger partial charge in [0, 0.05) is 13.0 Å². The average molecular weight is 416 g/mol. The van der Waals surface area contributed by atoms with Gasteiger partial charge in [-0.3, -0.25) is 4.40 Å². The van der Waals surface area contributed by atoms with E-state index in [4.69, 9.17) is 0 Å². The summed E-state index contributed by atoms with van der Waals surface area (Å²) in [7, 11) is -3.72. The fraction of sp³-hybridized carbons (Fsp3) is 0.316. The zero-order valence-electron chi connectivity index (χ0n) is 15.7. The molecular weight excluding hydrogens is 394 g/mol. The minimum atomic E-state index is -3.72. The number of anilines is 1. The maximum absolute atomic E-state index is 13.2. The zero-order chi connectivity index (χ0) is 19.7. The van der Waals surface area contributed by atoms with Gasteiger partial charge in [-0.1, -0.05) is 31.5 Å². The highest BCUT2D eigenvalue weighted by Crippen LogP contribution is 2.30. The Morgan fingerprint density at radius 1 is 1.11 bits per heavy atom. The van der Waals surface area contributed by atoms with Gasteiger partial charge in [0.2, 0.25) is 5.65 Å². The molecule has 0 aliphatic heterocycles. The van der Waals surface area contributed by atoms with Gasteiger partial charge in [-0.05, 0) is 36.9 Å². The molecule has 7 nitrogen and oxygen atoms in total. The van der Waals surface area contributed by atoms with E-state index in [1.165, 1.54) is 15.6 Å². The number of hydrogen-bond donors (Lipinski definition) is 0. The highest BCUT2D eigenvalue weighted by atomic mass is 32.2. The van der Waals surface area contributed by atoms with E-state index in [2.05, 4.69) is 22.1 Å².